The van der Waals surface area contributed by atoms with Gasteiger partial charge in [-0.25, -0.2) is 0 Å². The van der Waals surface area contributed by atoms with Crippen molar-refractivity contribution in [3.63, 3.8) is 0 Å². The Hall–Kier alpha value is -1.91. The Bertz CT molecular complexity index is 405. The van der Waals surface area contributed by atoms with Gasteiger partial charge in [0, 0.05) is 12.7 Å². The first kappa shape index (κ1) is 11.6. The van der Waals surface area contributed by atoms with Crippen LogP contribution in [-0.4, -0.2) is 29.4 Å². The largest absolute Gasteiger partial charge is 0.354 e. The Labute approximate surface area is 99.6 Å². The quantitative estimate of drug-likeness (QED) is 0.780. The summed E-state index contributed by atoms with van der Waals surface area (Å²) in [5.74, 6) is -0.403. The minimum absolute atomic E-state index is 0.105. The zero-order chi connectivity index (χ0) is 12.1. The number of amides is 2. The first-order valence-corrected chi connectivity index (χ1v) is 5.77. The predicted octanol–water partition coefficient (Wildman–Crippen LogP) is 0.480. The van der Waals surface area contributed by atoms with Crippen molar-refractivity contribution in [2.75, 3.05) is 6.54 Å². The molecule has 2 amide bonds. The first-order chi connectivity index (χ1) is 8.27. The number of nitrogens with one attached hydrogen (secondary N) is 2. The van der Waals surface area contributed by atoms with E-state index in [2.05, 4.69) is 15.6 Å². The van der Waals surface area contributed by atoms with Gasteiger partial charge in [-0.2, -0.15) is 0 Å². The molecule has 1 aromatic rings. The molecular weight excluding hydrogens is 218 g/mol. The van der Waals surface area contributed by atoms with Crippen LogP contribution in [0.15, 0.2) is 24.4 Å². The molecule has 1 aliphatic heterocycles. The number of hydrogen-bond donors (Lipinski definition) is 2. The van der Waals surface area contributed by atoms with Crippen molar-refractivity contribution < 1.29 is 9.59 Å². The summed E-state index contributed by atoms with van der Waals surface area (Å²) in [6, 6.07) is 4.68. The van der Waals surface area contributed by atoms with E-state index in [-0.39, 0.29) is 11.8 Å². The minimum Gasteiger partial charge on any atom is -0.354 e. The molecule has 17 heavy (non-hydrogen) atoms. The van der Waals surface area contributed by atoms with E-state index >= 15 is 0 Å². The highest BCUT2D eigenvalue weighted by Crippen LogP contribution is 2.06. The van der Waals surface area contributed by atoms with Gasteiger partial charge in [0.05, 0.1) is 0 Å². The summed E-state index contributed by atoms with van der Waals surface area (Å²) in [6.45, 7) is 0.689. The first-order valence-electron chi connectivity index (χ1n) is 5.77. The van der Waals surface area contributed by atoms with E-state index in [4.69, 9.17) is 0 Å². The van der Waals surface area contributed by atoms with Crippen molar-refractivity contribution in [2.24, 2.45) is 0 Å². The van der Waals surface area contributed by atoms with Crippen LogP contribution in [0.4, 0.5) is 0 Å². The Kier molecular flexibility index (Phi) is 3.69. The molecule has 1 aromatic heterocycles. The smallest absolute Gasteiger partial charge is 0.270 e. The van der Waals surface area contributed by atoms with Crippen LogP contribution in [0.1, 0.15) is 29.8 Å². The minimum atomic E-state index is -0.438. The molecule has 0 spiro atoms. The van der Waals surface area contributed by atoms with Gasteiger partial charge in [0.25, 0.3) is 5.91 Å². The second kappa shape index (κ2) is 5.43. The van der Waals surface area contributed by atoms with Crippen molar-refractivity contribution in [2.45, 2.75) is 25.3 Å². The fraction of sp³-hybridized carbons (Fsp3) is 0.417. The van der Waals surface area contributed by atoms with Crippen LogP contribution in [0.5, 0.6) is 0 Å². The molecule has 2 N–H and O–H groups in total. The third-order valence-corrected chi connectivity index (χ3v) is 2.74. The monoisotopic (exact) mass is 233 g/mol. The average Bonchev–Trinajstić information content (AvgIpc) is 2.56. The summed E-state index contributed by atoms with van der Waals surface area (Å²) in [5.41, 5.74) is 0.338. The van der Waals surface area contributed by atoms with E-state index in [0.29, 0.717) is 18.7 Å². The lowest BCUT2D eigenvalue weighted by Gasteiger charge is -2.14. The molecule has 0 aromatic carbocycles. The highest BCUT2D eigenvalue weighted by molar-refractivity contribution is 5.96. The van der Waals surface area contributed by atoms with Crippen molar-refractivity contribution in [1.29, 1.82) is 0 Å². The number of carbonyl (C=O) groups is 2. The molecule has 2 rings (SSSR count). The van der Waals surface area contributed by atoms with Gasteiger partial charge < -0.3 is 10.6 Å². The average molecular weight is 233 g/mol. The number of pyridine rings is 1. The lowest BCUT2D eigenvalue weighted by atomic mass is 10.1. The highest BCUT2D eigenvalue weighted by Gasteiger charge is 2.22. The molecule has 0 bridgehead atoms. The molecule has 1 atom stereocenters. The summed E-state index contributed by atoms with van der Waals surface area (Å²) in [7, 11) is 0. The second-order valence-electron chi connectivity index (χ2n) is 4.03. The molecule has 5 nitrogen and oxygen atoms in total. The molecule has 0 aliphatic carbocycles. The molecule has 2 heterocycles. The second-order valence-corrected chi connectivity index (χ2v) is 4.03. The molecular formula is C12H15N3O2. The van der Waals surface area contributed by atoms with Crippen LogP contribution < -0.4 is 10.6 Å². The molecule has 1 aliphatic rings. The summed E-state index contributed by atoms with van der Waals surface area (Å²) >= 11 is 0. The van der Waals surface area contributed by atoms with E-state index in [0.717, 1.165) is 12.8 Å². The molecule has 90 valence electrons. The van der Waals surface area contributed by atoms with Gasteiger partial charge in [-0.05, 0) is 31.4 Å². The van der Waals surface area contributed by atoms with Gasteiger partial charge >= 0.3 is 0 Å². The van der Waals surface area contributed by atoms with E-state index < -0.39 is 6.04 Å². The van der Waals surface area contributed by atoms with Crippen molar-refractivity contribution in [1.82, 2.24) is 15.6 Å². The lowest BCUT2D eigenvalue weighted by molar-refractivity contribution is -0.122. The van der Waals surface area contributed by atoms with Crippen molar-refractivity contribution >= 4 is 11.8 Å². The van der Waals surface area contributed by atoms with E-state index in [1.54, 1.807) is 24.4 Å². The van der Waals surface area contributed by atoms with E-state index in [1.807, 2.05) is 0 Å². The van der Waals surface area contributed by atoms with Gasteiger partial charge in [-0.15, -0.1) is 0 Å². The Morgan fingerprint density at radius 3 is 3.06 bits per heavy atom. The van der Waals surface area contributed by atoms with Crippen LogP contribution in [-0.2, 0) is 4.79 Å². The standard InChI is InChI=1S/C12H15N3O2/c16-11-10(6-2-4-8-14-11)15-12(17)9-5-1-3-7-13-9/h1,3,5,7,10H,2,4,6,8H2,(H,14,16)(H,15,17)/t10-/m0/s1. The summed E-state index contributed by atoms with van der Waals surface area (Å²) < 4.78 is 0. The van der Waals surface area contributed by atoms with Crippen LogP contribution >= 0.6 is 0 Å². The number of carbonyl (C=O) groups excluding carboxylic acids is 2. The van der Waals surface area contributed by atoms with Gasteiger partial charge in [-0.3, -0.25) is 14.6 Å². The topological polar surface area (TPSA) is 71.1 Å². The van der Waals surface area contributed by atoms with E-state index in [9.17, 15) is 9.59 Å². The number of hydrogen-bond acceptors (Lipinski definition) is 3. The Morgan fingerprint density at radius 2 is 2.29 bits per heavy atom. The van der Waals surface area contributed by atoms with Gasteiger partial charge in [-0.1, -0.05) is 6.07 Å². The maximum atomic E-state index is 11.8. The maximum Gasteiger partial charge on any atom is 0.270 e. The van der Waals surface area contributed by atoms with E-state index in [1.165, 1.54) is 0 Å². The molecule has 1 saturated heterocycles. The van der Waals surface area contributed by atoms with Gasteiger partial charge in [0.15, 0.2) is 0 Å². The van der Waals surface area contributed by atoms with Crippen LogP contribution in [0.25, 0.3) is 0 Å². The molecule has 5 heteroatoms. The number of rotatable bonds is 2. The Balaban J connectivity index is 2.00. The highest BCUT2D eigenvalue weighted by atomic mass is 16.2. The van der Waals surface area contributed by atoms with Gasteiger partial charge in [0.2, 0.25) is 5.91 Å². The predicted molar refractivity (Wildman–Crippen MR) is 62.4 cm³/mol. The molecule has 0 radical (unpaired) electrons. The normalized spacial score (nSPS) is 20.2. The molecule has 0 unspecified atom stereocenters. The zero-order valence-electron chi connectivity index (χ0n) is 9.48. The fourth-order valence-corrected chi connectivity index (χ4v) is 1.81. The maximum absolute atomic E-state index is 11.8. The molecule has 0 saturated carbocycles. The SMILES string of the molecule is O=C(N[C@H]1CCCCNC1=O)c1ccccn1. The third-order valence-electron chi connectivity index (χ3n) is 2.74. The Morgan fingerprint density at radius 1 is 1.41 bits per heavy atom. The van der Waals surface area contributed by atoms with Crippen LogP contribution in [0, 0.1) is 0 Å². The summed E-state index contributed by atoms with van der Waals surface area (Å²) in [6.07, 6.45) is 4.14. The van der Waals surface area contributed by atoms with Crippen LogP contribution in [0.3, 0.4) is 0 Å². The number of nitrogens with zero attached hydrogens (tertiary/aromatic N) is 1. The lowest BCUT2D eigenvalue weighted by Crippen LogP contribution is -2.45. The summed E-state index contributed by atoms with van der Waals surface area (Å²) in [5, 5.41) is 5.49. The number of aromatic nitrogens is 1. The summed E-state index contributed by atoms with van der Waals surface area (Å²) in [4.78, 5) is 27.4. The fourth-order valence-electron chi connectivity index (χ4n) is 1.81. The zero-order valence-corrected chi connectivity index (χ0v) is 9.48. The van der Waals surface area contributed by atoms with Crippen molar-refractivity contribution in [3.05, 3.63) is 30.1 Å². The van der Waals surface area contributed by atoms with Crippen LogP contribution in [0.2, 0.25) is 0 Å². The van der Waals surface area contributed by atoms with Crippen molar-refractivity contribution in [3.8, 4) is 0 Å². The van der Waals surface area contributed by atoms with Gasteiger partial charge in [0.1, 0.15) is 11.7 Å². The third kappa shape index (κ3) is 3.03. The molecule has 1 fully saturated rings.